The number of rotatable bonds is 4. The molecule has 1 aromatic carbocycles. The summed E-state index contributed by atoms with van der Waals surface area (Å²) in [4.78, 5) is 14.3. The Morgan fingerprint density at radius 1 is 1.13 bits per heavy atom. The third-order valence-electron chi connectivity index (χ3n) is 6.40. The predicted molar refractivity (Wildman–Crippen MR) is 137 cm³/mol. The SMILES string of the molecule is CN=C(NCc1c(Cl)cccc1N1CCN(C)CC1)N1CCC(N2CC=CC2)C1.I. The van der Waals surface area contributed by atoms with Gasteiger partial charge in [-0.1, -0.05) is 29.8 Å². The zero-order chi connectivity index (χ0) is 20.2. The van der Waals surface area contributed by atoms with Crippen LogP contribution in [-0.2, 0) is 6.54 Å². The lowest BCUT2D eigenvalue weighted by molar-refractivity contribution is 0.259. The fourth-order valence-electron chi connectivity index (χ4n) is 4.59. The molecule has 0 spiro atoms. The monoisotopic (exact) mass is 544 g/mol. The lowest BCUT2D eigenvalue weighted by Gasteiger charge is -2.35. The van der Waals surface area contributed by atoms with Crippen LogP contribution in [0.5, 0.6) is 0 Å². The summed E-state index contributed by atoms with van der Waals surface area (Å²) in [6.07, 6.45) is 5.74. The Bertz CT molecular complexity index is 754. The van der Waals surface area contributed by atoms with Crippen LogP contribution in [0.3, 0.4) is 0 Å². The summed E-state index contributed by atoms with van der Waals surface area (Å²) in [6.45, 7) is 9.19. The molecule has 6 nitrogen and oxygen atoms in total. The summed E-state index contributed by atoms with van der Waals surface area (Å²) in [5.41, 5.74) is 2.41. The lowest BCUT2D eigenvalue weighted by Crippen LogP contribution is -2.45. The van der Waals surface area contributed by atoms with Crippen molar-refractivity contribution < 1.29 is 0 Å². The van der Waals surface area contributed by atoms with E-state index in [0.29, 0.717) is 12.6 Å². The molecule has 2 saturated heterocycles. The molecule has 1 atom stereocenters. The number of nitrogens with one attached hydrogen (secondary N) is 1. The van der Waals surface area contributed by atoms with E-state index in [1.165, 1.54) is 17.7 Å². The van der Waals surface area contributed by atoms with E-state index in [-0.39, 0.29) is 24.0 Å². The van der Waals surface area contributed by atoms with Gasteiger partial charge in [0.1, 0.15) is 0 Å². The maximum absolute atomic E-state index is 6.63. The molecule has 0 saturated carbocycles. The number of benzene rings is 1. The molecule has 1 N–H and O–H groups in total. The molecule has 0 amide bonds. The molecule has 166 valence electrons. The minimum absolute atomic E-state index is 0. The molecule has 4 rings (SSSR count). The topological polar surface area (TPSA) is 37.4 Å². The molecule has 0 aromatic heterocycles. The Labute approximate surface area is 202 Å². The zero-order valence-corrected chi connectivity index (χ0v) is 21.1. The standard InChI is InChI=1S/C22H33ClN6.HI/c1-24-22(29-11-8-18(17-29)27-9-3-4-10-27)25-16-19-20(23)6-5-7-21(19)28-14-12-26(2)13-15-28;/h3-7,18H,8-17H2,1-2H3,(H,24,25);1H. The first-order valence-electron chi connectivity index (χ1n) is 10.7. The van der Waals surface area contributed by atoms with E-state index < -0.39 is 0 Å². The first-order valence-corrected chi connectivity index (χ1v) is 11.1. The van der Waals surface area contributed by atoms with Crippen molar-refractivity contribution in [3.63, 3.8) is 0 Å². The highest BCUT2D eigenvalue weighted by Gasteiger charge is 2.29. The zero-order valence-electron chi connectivity index (χ0n) is 18.1. The van der Waals surface area contributed by atoms with Crippen molar-refractivity contribution in [2.24, 2.45) is 4.99 Å². The molecule has 2 fully saturated rings. The van der Waals surface area contributed by atoms with Gasteiger partial charge in [0.05, 0.1) is 0 Å². The Kier molecular flexibility index (Phi) is 8.68. The fourth-order valence-corrected chi connectivity index (χ4v) is 4.83. The van der Waals surface area contributed by atoms with Crippen LogP contribution in [0.25, 0.3) is 0 Å². The van der Waals surface area contributed by atoms with Crippen LogP contribution >= 0.6 is 35.6 Å². The number of aliphatic imine (C=N–C) groups is 1. The summed E-state index contributed by atoms with van der Waals surface area (Å²) in [7, 11) is 4.06. The Balaban J connectivity index is 0.00000256. The van der Waals surface area contributed by atoms with Crippen LogP contribution in [0.15, 0.2) is 35.3 Å². The smallest absolute Gasteiger partial charge is 0.193 e. The number of anilines is 1. The summed E-state index contributed by atoms with van der Waals surface area (Å²) in [6, 6.07) is 6.87. The maximum atomic E-state index is 6.63. The summed E-state index contributed by atoms with van der Waals surface area (Å²) < 4.78 is 0. The molecule has 8 heteroatoms. The van der Waals surface area contributed by atoms with Gasteiger partial charge in [-0.3, -0.25) is 9.89 Å². The van der Waals surface area contributed by atoms with E-state index in [9.17, 15) is 0 Å². The Morgan fingerprint density at radius 2 is 1.87 bits per heavy atom. The number of piperazine rings is 1. The van der Waals surface area contributed by atoms with Gasteiger partial charge in [0, 0.05) is 88.3 Å². The molecule has 0 radical (unpaired) electrons. The van der Waals surface area contributed by atoms with Gasteiger partial charge >= 0.3 is 0 Å². The number of hydrogen-bond donors (Lipinski definition) is 1. The number of guanidine groups is 1. The molecule has 1 aromatic rings. The first kappa shape index (κ1) is 23.6. The largest absolute Gasteiger partial charge is 0.369 e. The summed E-state index contributed by atoms with van der Waals surface area (Å²) in [5, 5.41) is 4.41. The van der Waals surface area contributed by atoms with Crippen LogP contribution in [0.1, 0.15) is 12.0 Å². The Morgan fingerprint density at radius 3 is 2.57 bits per heavy atom. The molecule has 3 aliphatic heterocycles. The highest BCUT2D eigenvalue weighted by atomic mass is 127. The van der Waals surface area contributed by atoms with Crippen molar-refractivity contribution >= 4 is 47.2 Å². The van der Waals surface area contributed by atoms with E-state index in [0.717, 1.165) is 63.3 Å². The van der Waals surface area contributed by atoms with Gasteiger partial charge in [-0.25, -0.2) is 0 Å². The second-order valence-electron chi connectivity index (χ2n) is 8.24. The van der Waals surface area contributed by atoms with Crippen LogP contribution < -0.4 is 10.2 Å². The van der Waals surface area contributed by atoms with Crippen molar-refractivity contribution in [1.29, 1.82) is 0 Å². The highest BCUT2D eigenvalue weighted by molar-refractivity contribution is 14.0. The van der Waals surface area contributed by atoms with Crippen LogP contribution in [0, 0.1) is 0 Å². The molecular weight excluding hydrogens is 511 g/mol. The molecule has 30 heavy (non-hydrogen) atoms. The number of likely N-dealkylation sites (tertiary alicyclic amines) is 1. The first-order chi connectivity index (χ1) is 14.2. The van der Waals surface area contributed by atoms with Gasteiger partial charge in [0.2, 0.25) is 0 Å². The van der Waals surface area contributed by atoms with Crippen LogP contribution in [-0.4, -0.2) is 93.2 Å². The van der Waals surface area contributed by atoms with Gasteiger partial charge in [-0.2, -0.15) is 0 Å². The molecule has 1 unspecified atom stereocenters. The van der Waals surface area contributed by atoms with Crippen molar-refractivity contribution in [2.45, 2.75) is 19.0 Å². The van der Waals surface area contributed by atoms with E-state index in [1.807, 2.05) is 13.1 Å². The van der Waals surface area contributed by atoms with Gasteiger partial charge in [-0.15, -0.1) is 24.0 Å². The van der Waals surface area contributed by atoms with Gasteiger partial charge in [0.25, 0.3) is 0 Å². The third-order valence-corrected chi connectivity index (χ3v) is 6.75. The van der Waals surface area contributed by atoms with Gasteiger partial charge in [0.15, 0.2) is 5.96 Å². The molecule has 0 bridgehead atoms. The van der Waals surface area contributed by atoms with Gasteiger partial charge in [-0.05, 0) is 25.6 Å². The van der Waals surface area contributed by atoms with E-state index in [4.69, 9.17) is 11.6 Å². The average Bonchev–Trinajstić information content (AvgIpc) is 3.42. The van der Waals surface area contributed by atoms with E-state index >= 15 is 0 Å². The Hall–Kier alpha value is -1.03. The van der Waals surface area contributed by atoms with E-state index in [2.05, 4.69) is 61.2 Å². The average molecular weight is 545 g/mol. The molecule has 0 aliphatic carbocycles. The van der Waals surface area contributed by atoms with Crippen molar-refractivity contribution in [2.75, 3.05) is 71.4 Å². The fraction of sp³-hybridized carbons (Fsp3) is 0.591. The number of hydrogen-bond acceptors (Lipinski definition) is 4. The van der Waals surface area contributed by atoms with Crippen LogP contribution in [0.2, 0.25) is 5.02 Å². The molecule has 3 heterocycles. The lowest BCUT2D eigenvalue weighted by atomic mass is 10.1. The van der Waals surface area contributed by atoms with Crippen molar-refractivity contribution in [3.8, 4) is 0 Å². The molecular formula is C22H34ClIN6. The highest BCUT2D eigenvalue weighted by Crippen LogP contribution is 2.28. The number of nitrogens with zero attached hydrogens (tertiary/aromatic N) is 5. The second kappa shape index (κ2) is 11.0. The third kappa shape index (κ3) is 5.41. The number of likely N-dealkylation sites (N-methyl/N-ethyl adjacent to an activating group) is 1. The molecule has 3 aliphatic rings. The maximum Gasteiger partial charge on any atom is 0.193 e. The predicted octanol–water partition coefficient (Wildman–Crippen LogP) is 2.73. The minimum Gasteiger partial charge on any atom is -0.369 e. The summed E-state index contributed by atoms with van der Waals surface area (Å²) in [5.74, 6) is 0.976. The normalized spacial score (nSPS) is 23.2. The van der Waals surface area contributed by atoms with Gasteiger partial charge < -0.3 is 20.0 Å². The van der Waals surface area contributed by atoms with E-state index in [1.54, 1.807) is 0 Å². The number of halogens is 2. The van der Waals surface area contributed by atoms with Crippen LogP contribution in [0.4, 0.5) is 5.69 Å². The second-order valence-corrected chi connectivity index (χ2v) is 8.65. The van der Waals surface area contributed by atoms with Crippen molar-refractivity contribution in [1.82, 2.24) is 20.0 Å². The van der Waals surface area contributed by atoms with Crippen molar-refractivity contribution in [3.05, 3.63) is 40.9 Å². The summed E-state index contributed by atoms with van der Waals surface area (Å²) >= 11 is 6.63. The minimum atomic E-state index is 0. The quantitative estimate of drug-likeness (QED) is 0.273.